The van der Waals surface area contributed by atoms with Crippen molar-refractivity contribution in [1.29, 1.82) is 0 Å². The van der Waals surface area contributed by atoms with Crippen LogP contribution in [0.2, 0.25) is 0 Å². The van der Waals surface area contributed by atoms with Crippen LogP contribution in [0.1, 0.15) is 91.9 Å². The summed E-state index contributed by atoms with van der Waals surface area (Å²) in [4.78, 5) is 17.2. The van der Waals surface area contributed by atoms with Crippen molar-refractivity contribution >= 4 is 17.1 Å². The molecule has 0 aliphatic carbocycles. The monoisotopic (exact) mass is 400 g/mol. The van der Waals surface area contributed by atoms with E-state index in [0.29, 0.717) is 5.92 Å². The lowest BCUT2D eigenvalue weighted by molar-refractivity contribution is 0.0799. The number of benzene rings is 1. The van der Waals surface area contributed by atoms with Gasteiger partial charge in [-0.25, -0.2) is 14.3 Å². The molecule has 1 aromatic carbocycles. The molecule has 0 saturated carbocycles. The zero-order valence-corrected chi connectivity index (χ0v) is 18.9. The van der Waals surface area contributed by atoms with E-state index in [-0.39, 0.29) is 12.2 Å². The van der Waals surface area contributed by atoms with Crippen LogP contribution in [0.5, 0.6) is 0 Å². The Morgan fingerprint density at radius 3 is 2.24 bits per heavy atom. The lowest BCUT2D eigenvalue weighted by atomic mass is 9.90. The number of para-hydroxylation sites is 2. The van der Waals surface area contributed by atoms with Crippen molar-refractivity contribution in [1.82, 2.24) is 9.55 Å². The van der Waals surface area contributed by atoms with Gasteiger partial charge in [0.15, 0.2) is 0 Å². The van der Waals surface area contributed by atoms with Crippen LogP contribution in [-0.2, 0) is 4.74 Å². The highest BCUT2D eigenvalue weighted by molar-refractivity contribution is 5.86. The smallest absolute Gasteiger partial charge is 0.420 e. The minimum atomic E-state index is -0.296. The van der Waals surface area contributed by atoms with Gasteiger partial charge in [0.2, 0.25) is 0 Å². The summed E-state index contributed by atoms with van der Waals surface area (Å²) in [5, 5.41) is 0. The van der Waals surface area contributed by atoms with E-state index in [1.54, 1.807) is 10.9 Å². The number of imidazole rings is 1. The van der Waals surface area contributed by atoms with Crippen LogP contribution < -0.4 is 0 Å². The van der Waals surface area contributed by atoms with Crippen LogP contribution in [0.4, 0.5) is 4.79 Å². The number of hydrogen-bond acceptors (Lipinski definition) is 3. The first kappa shape index (κ1) is 23.4. The molecule has 0 fully saturated rings. The summed E-state index contributed by atoms with van der Waals surface area (Å²) in [5.74, 6) is 1.45. The molecule has 0 N–H and O–H groups in total. The minimum Gasteiger partial charge on any atom is -0.446 e. The lowest BCUT2D eigenvalue weighted by Crippen LogP contribution is -2.23. The predicted octanol–water partition coefficient (Wildman–Crippen LogP) is 7.60. The summed E-state index contributed by atoms with van der Waals surface area (Å²) in [6.45, 7) is 9.04. The van der Waals surface area contributed by atoms with E-state index >= 15 is 0 Å². The molecule has 1 heterocycles. The molecule has 2 aromatic rings. The largest absolute Gasteiger partial charge is 0.446 e. The molecule has 29 heavy (non-hydrogen) atoms. The average Bonchev–Trinajstić information content (AvgIpc) is 3.18. The number of aromatic nitrogens is 2. The first-order valence-electron chi connectivity index (χ1n) is 11.8. The van der Waals surface area contributed by atoms with E-state index in [1.165, 1.54) is 38.5 Å². The van der Waals surface area contributed by atoms with E-state index in [2.05, 4.69) is 32.7 Å². The molecule has 0 radical (unpaired) electrons. The Bertz CT molecular complexity index is 720. The van der Waals surface area contributed by atoms with Gasteiger partial charge in [-0.2, -0.15) is 0 Å². The van der Waals surface area contributed by atoms with Crippen molar-refractivity contribution in [2.75, 3.05) is 0 Å². The Morgan fingerprint density at radius 2 is 1.59 bits per heavy atom. The van der Waals surface area contributed by atoms with Crippen molar-refractivity contribution in [3.63, 3.8) is 0 Å². The van der Waals surface area contributed by atoms with Crippen LogP contribution >= 0.6 is 0 Å². The number of nitrogens with zero attached hydrogens (tertiary/aromatic N) is 2. The molecular weight excluding hydrogens is 360 g/mol. The molecule has 0 saturated heterocycles. The van der Waals surface area contributed by atoms with Crippen LogP contribution in [-0.4, -0.2) is 21.7 Å². The zero-order valence-electron chi connectivity index (χ0n) is 18.9. The Balaban J connectivity index is 2.03. The fourth-order valence-corrected chi connectivity index (χ4v) is 4.15. The number of carbonyl (C=O) groups excluding carboxylic acids is 1. The Hall–Kier alpha value is -1.84. The van der Waals surface area contributed by atoms with E-state index in [1.807, 2.05) is 24.3 Å². The minimum absolute atomic E-state index is 0.0139. The molecule has 0 amide bonds. The van der Waals surface area contributed by atoms with Crippen molar-refractivity contribution in [3.05, 3.63) is 30.6 Å². The van der Waals surface area contributed by atoms with Crippen LogP contribution in [0.25, 0.3) is 11.0 Å². The van der Waals surface area contributed by atoms with Gasteiger partial charge in [0, 0.05) is 0 Å². The summed E-state index contributed by atoms with van der Waals surface area (Å²) in [6, 6.07) is 7.70. The molecule has 162 valence electrons. The van der Waals surface area contributed by atoms with Crippen molar-refractivity contribution in [3.8, 4) is 0 Å². The van der Waals surface area contributed by atoms with Crippen LogP contribution in [0, 0.1) is 11.8 Å². The van der Waals surface area contributed by atoms with Gasteiger partial charge in [0.1, 0.15) is 12.4 Å². The highest BCUT2D eigenvalue weighted by Gasteiger charge is 2.20. The number of rotatable bonds is 13. The standard InChI is InChI=1S/C25H40N2O2/c1-5-9-12-21(8-4)16-18-22(17-15-20(6-2)7-3)29-25(28)27-19-26-23-13-10-11-14-24(23)27/h10-11,13-14,19-22H,5-9,12,15-18H2,1-4H3. The van der Waals surface area contributed by atoms with Crippen LogP contribution in [0.15, 0.2) is 30.6 Å². The third-order valence-corrected chi connectivity index (χ3v) is 6.41. The third kappa shape index (κ3) is 7.17. The number of hydrogen-bond donors (Lipinski definition) is 0. The Morgan fingerprint density at radius 1 is 0.931 bits per heavy atom. The van der Waals surface area contributed by atoms with Gasteiger partial charge in [-0.1, -0.05) is 78.4 Å². The molecular formula is C25H40N2O2. The van der Waals surface area contributed by atoms with Gasteiger partial charge in [0.25, 0.3) is 0 Å². The average molecular weight is 401 g/mol. The summed E-state index contributed by atoms with van der Waals surface area (Å²) in [6.07, 6.45) is 12.9. The molecule has 4 nitrogen and oxygen atoms in total. The molecule has 2 unspecified atom stereocenters. The Labute approximate surface area is 177 Å². The zero-order chi connectivity index (χ0) is 21.1. The number of ether oxygens (including phenoxy) is 1. The number of carbonyl (C=O) groups is 1. The van der Waals surface area contributed by atoms with Gasteiger partial charge >= 0.3 is 6.09 Å². The first-order chi connectivity index (χ1) is 14.1. The third-order valence-electron chi connectivity index (χ3n) is 6.41. The maximum absolute atomic E-state index is 12.9. The van der Waals surface area contributed by atoms with Gasteiger partial charge in [0.05, 0.1) is 11.0 Å². The highest BCUT2D eigenvalue weighted by Crippen LogP contribution is 2.25. The molecule has 0 bridgehead atoms. The summed E-state index contributed by atoms with van der Waals surface area (Å²) < 4.78 is 7.58. The highest BCUT2D eigenvalue weighted by atomic mass is 16.6. The van der Waals surface area contributed by atoms with Crippen molar-refractivity contribution in [2.24, 2.45) is 11.8 Å². The summed E-state index contributed by atoms with van der Waals surface area (Å²) in [7, 11) is 0. The second-order valence-electron chi connectivity index (χ2n) is 8.36. The van der Waals surface area contributed by atoms with Gasteiger partial charge in [-0.05, 0) is 49.7 Å². The van der Waals surface area contributed by atoms with E-state index in [4.69, 9.17) is 4.74 Å². The second kappa shape index (κ2) is 12.7. The molecule has 0 spiro atoms. The molecule has 2 atom stereocenters. The Kier molecular flexibility index (Phi) is 10.2. The van der Waals surface area contributed by atoms with E-state index in [0.717, 1.165) is 42.6 Å². The van der Waals surface area contributed by atoms with Crippen molar-refractivity contribution in [2.45, 2.75) is 98.0 Å². The summed E-state index contributed by atoms with van der Waals surface area (Å²) in [5.41, 5.74) is 1.63. The molecule has 0 aliphatic rings. The van der Waals surface area contributed by atoms with Crippen LogP contribution in [0.3, 0.4) is 0 Å². The quantitative estimate of drug-likeness (QED) is 0.347. The van der Waals surface area contributed by atoms with E-state index in [9.17, 15) is 4.79 Å². The second-order valence-corrected chi connectivity index (χ2v) is 8.36. The first-order valence-corrected chi connectivity index (χ1v) is 11.8. The number of unbranched alkanes of at least 4 members (excludes halogenated alkanes) is 1. The summed E-state index contributed by atoms with van der Waals surface area (Å²) >= 11 is 0. The number of fused-ring (bicyclic) bond motifs is 1. The van der Waals surface area contributed by atoms with Gasteiger partial charge in [-0.3, -0.25) is 0 Å². The molecule has 2 rings (SSSR count). The SMILES string of the molecule is CCCCC(CC)CCC(CCC(CC)CC)OC(=O)n1cnc2ccccc21. The topological polar surface area (TPSA) is 44.1 Å². The molecule has 0 aliphatic heterocycles. The maximum atomic E-state index is 12.9. The fraction of sp³-hybridized carbons (Fsp3) is 0.680. The predicted molar refractivity (Wildman–Crippen MR) is 121 cm³/mol. The normalized spacial score (nSPS) is 13.7. The van der Waals surface area contributed by atoms with Crippen molar-refractivity contribution < 1.29 is 9.53 Å². The van der Waals surface area contributed by atoms with Gasteiger partial charge in [-0.15, -0.1) is 0 Å². The van der Waals surface area contributed by atoms with E-state index < -0.39 is 0 Å². The van der Waals surface area contributed by atoms with Gasteiger partial charge < -0.3 is 4.74 Å². The maximum Gasteiger partial charge on any atom is 0.420 e. The fourth-order valence-electron chi connectivity index (χ4n) is 4.15. The molecule has 1 aromatic heterocycles. The lowest BCUT2D eigenvalue weighted by Gasteiger charge is -2.23. The molecule has 4 heteroatoms.